The summed E-state index contributed by atoms with van der Waals surface area (Å²) in [5.41, 5.74) is 2.30. The van der Waals surface area contributed by atoms with Crippen LogP contribution in [0.1, 0.15) is 89.7 Å². The Morgan fingerprint density at radius 3 is 1.88 bits per heavy atom. The summed E-state index contributed by atoms with van der Waals surface area (Å²) >= 11 is 0. The van der Waals surface area contributed by atoms with Gasteiger partial charge in [0.25, 0.3) is 0 Å². The van der Waals surface area contributed by atoms with E-state index in [1.807, 2.05) is 22.9 Å². The molecule has 0 saturated heterocycles. The summed E-state index contributed by atoms with van der Waals surface area (Å²) in [7, 11) is 0. The molecule has 146 valence electrons. The van der Waals surface area contributed by atoms with E-state index in [4.69, 9.17) is 0 Å². The molecule has 0 bridgehead atoms. The van der Waals surface area contributed by atoms with Gasteiger partial charge < -0.3 is 17.0 Å². The van der Waals surface area contributed by atoms with Crippen molar-refractivity contribution in [3.05, 3.63) is 42.2 Å². The first kappa shape index (κ1) is 22.9. The molecule has 0 aliphatic rings. The van der Waals surface area contributed by atoms with Gasteiger partial charge in [-0.25, -0.2) is 0 Å². The monoisotopic (exact) mass is 421 g/mol. The third kappa shape index (κ3) is 9.51. The molecule has 0 fully saturated rings. The van der Waals surface area contributed by atoms with Gasteiger partial charge in [-0.15, -0.1) is 4.68 Å². The second kappa shape index (κ2) is 15.0. The highest BCUT2D eigenvalue weighted by Gasteiger charge is 2.09. The molecule has 0 aliphatic heterocycles. The smallest absolute Gasteiger partial charge is 0.218 e. The third-order valence-electron chi connectivity index (χ3n) is 4.90. The van der Waals surface area contributed by atoms with Crippen LogP contribution in [-0.4, -0.2) is 10.3 Å². The van der Waals surface area contributed by atoms with E-state index in [0.29, 0.717) is 0 Å². The summed E-state index contributed by atoms with van der Waals surface area (Å²) in [5.74, 6) is 0. The number of hydrogen-bond donors (Lipinski definition) is 1. The first-order valence-electron chi connectivity index (χ1n) is 10.4. The summed E-state index contributed by atoms with van der Waals surface area (Å²) < 4.78 is 2.00. The topological polar surface area (TPSA) is 32.6 Å². The summed E-state index contributed by atoms with van der Waals surface area (Å²) in [6.07, 6.45) is 19.9. The lowest BCUT2D eigenvalue weighted by Crippen LogP contribution is -3.00. The zero-order valence-electron chi connectivity index (χ0n) is 16.4. The molecule has 0 atom stereocenters. The molecule has 3 nitrogen and oxygen atoms in total. The normalized spacial score (nSPS) is 10.7. The number of rotatable bonds is 14. The lowest BCUT2D eigenvalue weighted by molar-refractivity contribution is -0.659. The second-order valence-corrected chi connectivity index (χ2v) is 7.18. The van der Waals surface area contributed by atoms with Crippen LogP contribution in [0.2, 0.25) is 0 Å². The Bertz CT molecular complexity index is 554. The van der Waals surface area contributed by atoms with Crippen LogP contribution in [0.15, 0.2) is 36.5 Å². The van der Waals surface area contributed by atoms with Gasteiger partial charge >= 0.3 is 0 Å². The molecular weight excluding hydrogens is 386 g/mol. The average Bonchev–Trinajstić information content (AvgIpc) is 3.12. The molecule has 26 heavy (non-hydrogen) atoms. The zero-order valence-corrected chi connectivity index (χ0v) is 18.0. The molecular formula is C22H36BrN3. The number of hydrogen-bond acceptors (Lipinski definition) is 1. The van der Waals surface area contributed by atoms with Crippen molar-refractivity contribution in [3.8, 4) is 5.69 Å². The second-order valence-electron chi connectivity index (χ2n) is 7.18. The van der Waals surface area contributed by atoms with E-state index in [9.17, 15) is 0 Å². The fourth-order valence-corrected chi connectivity index (χ4v) is 3.31. The Balaban J connectivity index is 0.00000338. The van der Waals surface area contributed by atoms with Crippen molar-refractivity contribution in [2.45, 2.75) is 90.4 Å². The molecule has 0 unspecified atom stereocenters. The minimum atomic E-state index is 0. The largest absolute Gasteiger partial charge is 1.00 e. The molecule has 0 amide bonds. The minimum absolute atomic E-state index is 0. The van der Waals surface area contributed by atoms with Crippen molar-refractivity contribution in [3.63, 3.8) is 0 Å². The molecule has 1 heterocycles. The molecule has 0 radical (unpaired) electrons. The molecule has 0 aliphatic carbocycles. The Hall–Kier alpha value is -1.16. The van der Waals surface area contributed by atoms with Crippen LogP contribution >= 0.6 is 0 Å². The number of unbranched alkanes of at least 4 members (excludes halogenated alkanes) is 11. The predicted molar refractivity (Wildman–Crippen MR) is 105 cm³/mol. The SMILES string of the molecule is CCCCCCCCCCCCCCc1c[n+](-c2ccccc2)[nH]n1.[Br-]. The Morgan fingerprint density at radius 1 is 0.769 bits per heavy atom. The summed E-state index contributed by atoms with van der Waals surface area (Å²) in [5, 5.41) is 7.50. The zero-order chi connectivity index (χ0) is 17.6. The van der Waals surface area contributed by atoms with Crippen LogP contribution in [0, 0.1) is 0 Å². The maximum Gasteiger partial charge on any atom is 0.218 e. The Labute approximate surface area is 170 Å². The summed E-state index contributed by atoms with van der Waals surface area (Å²) in [6.45, 7) is 2.28. The van der Waals surface area contributed by atoms with Gasteiger partial charge in [0.15, 0.2) is 11.9 Å². The van der Waals surface area contributed by atoms with E-state index < -0.39 is 0 Å². The van der Waals surface area contributed by atoms with Gasteiger partial charge in [-0.1, -0.05) is 101 Å². The van der Waals surface area contributed by atoms with Crippen molar-refractivity contribution in [2.75, 3.05) is 0 Å². The molecule has 2 rings (SSSR count). The highest BCUT2D eigenvalue weighted by Crippen LogP contribution is 2.12. The van der Waals surface area contributed by atoms with Crippen LogP contribution in [0.3, 0.4) is 0 Å². The number of aromatic amines is 1. The molecule has 0 saturated carbocycles. The van der Waals surface area contributed by atoms with Crippen LogP contribution in [0.5, 0.6) is 0 Å². The number of nitrogens with zero attached hydrogens (tertiary/aromatic N) is 2. The maximum absolute atomic E-state index is 4.42. The van der Waals surface area contributed by atoms with E-state index >= 15 is 0 Å². The first-order chi connectivity index (χ1) is 12.4. The highest BCUT2D eigenvalue weighted by atomic mass is 79.9. The van der Waals surface area contributed by atoms with Crippen LogP contribution in [0.4, 0.5) is 0 Å². The van der Waals surface area contributed by atoms with Crippen LogP contribution in [-0.2, 0) is 6.42 Å². The van der Waals surface area contributed by atoms with E-state index in [0.717, 1.165) is 17.8 Å². The number of aromatic nitrogens is 3. The van der Waals surface area contributed by atoms with Gasteiger partial charge in [0, 0.05) is 11.5 Å². The fourth-order valence-electron chi connectivity index (χ4n) is 3.31. The maximum atomic E-state index is 4.42. The van der Waals surface area contributed by atoms with E-state index in [1.54, 1.807) is 0 Å². The molecule has 1 aromatic heterocycles. The lowest BCUT2D eigenvalue weighted by Gasteiger charge is -2.02. The fraction of sp³-hybridized carbons (Fsp3) is 0.636. The van der Waals surface area contributed by atoms with Gasteiger partial charge in [0.05, 0.1) is 0 Å². The van der Waals surface area contributed by atoms with Crippen molar-refractivity contribution in [2.24, 2.45) is 0 Å². The third-order valence-corrected chi connectivity index (χ3v) is 4.90. The number of benzene rings is 1. The van der Waals surface area contributed by atoms with Crippen LogP contribution < -0.4 is 21.7 Å². The van der Waals surface area contributed by atoms with Crippen molar-refractivity contribution >= 4 is 0 Å². The number of aryl methyl sites for hydroxylation is 1. The number of halogens is 1. The quantitative estimate of drug-likeness (QED) is 0.369. The van der Waals surface area contributed by atoms with Crippen molar-refractivity contribution in [1.82, 2.24) is 10.3 Å². The molecule has 1 aromatic carbocycles. The van der Waals surface area contributed by atoms with Crippen LogP contribution in [0.25, 0.3) is 5.69 Å². The van der Waals surface area contributed by atoms with Gasteiger partial charge in [0.1, 0.15) is 0 Å². The number of H-pyrrole nitrogens is 1. The Morgan fingerprint density at radius 2 is 1.31 bits per heavy atom. The van der Waals surface area contributed by atoms with Gasteiger partial charge in [-0.2, -0.15) is 0 Å². The molecule has 2 aromatic rings. The number of para-hydroxylation sites is 1. The summed E-state index contributed by atoms with van der Waals surface area (Å²) in [6, 6.07) is 10.3. The molecule has 1 N–H and O–H groups in total. The lowest BCUT2D eigenvalue weighted by atomic mass is 10.0. The molecule has 4 heteroatoms. The number of nitrogens with one attached hydrogen (secondary N) is 1. The Kier molecular flexibility index (Phi) is 13.2. The highest BCUT2D eigenvalue weighted by molar-refractivity contribution is 5.20. The van der Waals surface area contributed by atoms with E-state index in [-0.39, 0.29) is 17.0 Å². The molecule has 0 spiro atoms. The minimum Gasteiger partial charge on any atom is -1.00 e. The average molecular weight is 422 g/mol. The van der Waals surface area contributed by atoms with E-state index in [1.165, 1.54) is 77.0 Å². The van der Waals surface area contributed by atoms with Gasteiger partial charge in [-0.05, 0) is 18.6 Å². The van der Waals surface area contributed by atoms with Crippen molar-refractivity contribution < 1.29 is 21.7 Å². The summed E-state index contributed by atoms with van der Waals surface area (Å²) in [4.78, 5) is 0. The van der Waals surface area contributed by atoms with Gasteiger partial charge in [0.2, 0.25) is 5.69 Å². The van der Waals surface area contributed by atoms with Crippen molar-refractivity contribution in [1.29, 1.82) is 0 Å². The van der Waals surface area contributed by atoms with Gasteiger partial charge in [-0.3, -0.25) is 0 Å². The van der Waals surface area contributed by atoms with E-state index in [2.05, 4.69) is 35.6 Å². The standard InChI is InChI=1S/C22H35N3.BrH/c1-2-3-4-5-6-7-8-9-10-11-12-14-17-21-20-25(24-23-21)22-18-15-13-16-19-22;/h13,15-16,18-20H,2-12,14,17H2,1H3;1H. The first-order valence-corrected chi connectivity index (χ1v) is 10.4. The predicted octanol–water partition coefficient (Wildman–Crippen LogP) is 2.93.